The van der Waals surface area contributed by atoms with E-state index >= 15 is 0 Å². The molecule has 0 aromatic heterocycles. The molecule has 0 unspecified atom stereocenters. The van der Waals surface area contributed by atoms with Crippen LogP contribution in [0.2, 0.25) is 5.02 Å². The monoisotopic (exact) mass is 333 g/mol. The van der Waals surface area contributed by atoms with Gasteiger partial charge in [0.1, 0.15) is 0 Å². The van der Waals surface area contributed by atoms with Gasteiger partial charge in [-0.2, -0.15) is 0 Å². The highest BCUT2D eigenvalue weighted by atomic mass is 35.5. The Balaban J connectivity index is 1.91. The number of carbonyl (C=O) groups is 1. The number of halogens is 1. The molecular weight excluding hydrogens is 318 g/mol. The molecule has 2 rings (SSSR count). The van der Waals surface area contributed by atoms with Crippen LogP contribution in [0.5, 0.6) is 0 Å². The molecule has 0 aliphatic heterocycles. The van der Waals surface area contributed by atoms with E-state index in [2.05, 4.69) is 10.6 Å². The van der Waals surface area contributed by atoms with Gasteiger partial charge in [0.25, 0.3) is 5.69 Å². The lowest BCUT2D eigenvalue weighted by Gasteiger charge is -2.14. The second-order valence-electron chi connectivity index (χ2n) is 4.98. The molecule has 0 fully saturated rings. The number of nitro groups is 1. The van der Waals surface area contributed by atoms with Gasteiger partial charge in [0, 0.05) is 18.2 Å². The SMILES string of the molecule is C[C@@H](NCC(=O)Nc1ccc([N+](=O)[O-])cc1Cl)c1ccccc1. The molecule has 0 spiro atoms. The minimum atomic E-state index is -0.541. The van der Waals surface area contributed by atoms with Crippen molar-refractivity contribution in [2.24, 2.45) is 0 Å². The number of anilines is 1. The van der Waals surface area contributed by atoms with E-state index < -0.39 is 4.92 Å². The fraction of sp³-hybridized carbons (Fsp3) is 0.188. The topological polar surface area (TPSA) is 84.3 Å². The Bertz CT molecular complexity index is 707. The summed E-state index contributed by atoms with van der Waals surface area (Å²) in [5.41, 5.74) is 1.30. The zero-order chi connectivity index (χ0) is 16.8. The quantitative estimate of drug-likeness (QED) is 0.625. The Morgan fingerprint density at radius 3 is 2.57 bits per heavy atom. The molecule has 1 amide bonds. The number of nitrogens with zero attached hydrogens (tertiary/aromatic N) is 1. The normalized spacial score (nSPS) is 11.7. The smallest absolute Gasteiger partial charge is 0.271 e. The van der Waals surface area contributed by atoms with Gasteiger partial charge in [-0.05, 0) is 18.6 Å². The minimum absolute atomic E-state index is 0.0225. The third-order valence-electron chi connectivity index (χ3n) is 3.31. The van der Waals surface area contributed by atoms with E-state index in [1.807, 2.05) is 37.3 Å². The predicted octanol–water partition coefficient (Wildman–Crippen LogP) is 3.54. The molecule has 0 bridgehead atoms. The van der Waals surface area contributed by atoms with E-state index in [4.69, 9.17) is 11.6 Å². The van der Waals surface area contributed by atoms with E-state index in [0.717, 1.165) is 5.56 Å². The van der Waals surface area contributed by atoms with Gasteiger partial charge in [0.05, 0.1) is 22.2 Å². The minimum Gasteiger partial charge on any atom is -0.324 e. The maximum Gasteiger partial charge on any atom is 0.271 e. The number of carbonyl (C=O) groups excluding carboxylic acids is 1. The number of hydrogen-bond donors (Lipinski definition) is 2. The third kappa shape index (κ3) is 4.77. The Morgan fingerprint density at radius 2 is 1.96 bits per heavy atom. The van der Waals surface area contributed by atoms with Crippen LogP contribution >= 0.6 is 11.6 Å². The van der Waals surface area contributed by atoms with Crippen LogP contribution in [0.1, 0.15) is 18.5 Å². The molecule has 0 aliphatic rings. The number of rotatable bonds is 6. The Hall–Kier alpha value is -2.44. The Morgan fingerprint density at radius 1 is 1.26 bits per heavy atom. The predicted molar refractivity (Wildman–Crippen MR) is 89.6 cm³/mol. The highest BCUT2D eigenvalue weighted by Crippen LogP contribution is 2.26. The van der Waals surface area contributed by atoms with Crippen molar-refractivity contribution >= 4 is 28.9 Å². The molecule has 6 nitrogen and oxygen atoms in total. The van der Waals surface area contributed by atoms with Crippen molar-refractivity contribution in [1.29, 1.82) is 0 Å². The zero-order valence-corrected chi connectivity index (χ0v) is 13.2. The lowest BCUT2D eigenvalue weighted by molar-refractivity contribution is -0.384. The fourth-order valence-corrected chi connectivity index (χ4v) is 2.24. The van der Waals surface area contributed by atoms with Crippen LogP contribution in [0.25, 0.3) is 0 Å². The lowest BCUT2D eigenvalue weighted by atomic mass is 10.1. The van der Waals surface area contributed by atoms with E-state index in [9.17, 15) is 14.9 Å². The Labute approximate surface area is 138 Å². The van der Waals surface area contributed by atoms with Crippen molar-refractivity contribution in [3.63, 3.8) is 0 Å². The number of benzene rings is 2. The number of non-ortho nitro benzene ring substituents is 1. The van der Waals surface area contributed by atoms with E-state index in [1.54, 1.807) is 0 Å². The largest absolute Gasteiger partial charge is 0.324 e. The lowest BCUT2D eigenvalue weighted by Crippen LogP contribution is -2.30. The van der Waals surface area contributed by atoms with Gasteiger partial charge >= 0.3 is 0 Å². The zero-order valence-electron chi connectivity index (χ0n) is 12.5. The van der Waals surface area contributed by atoms with Crippen LogP contribution < -0.4 is 10.6 Å². The van der Waals surface area contributed by atoms with Crippen LogP contribution in [0.3, 0.4) is 0 Å². The average Bonchev–Trinajstić information content (AvgIpc) is 2.55. The van der Waals surface area contributed by atoms with E-state index in [-0.39, 0.29) is 29.2 Å². The van der Waals surface area contributed by atoms with Gasteiger partial charge < -0.3 is 10.6 Å². The summed E-state index contributed by atoms with van der Waals surface area (Å²) >= 11 is 5.94. The molecule has 0 saturated heterocycles. The van der Waals surface area contributed by atoms with Crippen molar-refractivity contribution in [2.75, 3.05) is 11.9 Å². The van der Waals surface area contributed by atoms with Gasteiger partial charge in [-0.1, -0.05) is 41.9 Å². The molecule has 0 heterocycles. The second-order valence-corrected chi connectivity index (χ2v) is 5.39. The van der Waals surface area contributed by atoms with Crippen molar-refractivity contribution in [2.45, 2.75) is 13.0 Å². The first-order chi connectivity index (χ1) is 11.0. The summed E-state index contributed by atoms with van der Waals surface area (Å²) in [6, 6.07) is 13.7. The summed E-state index contributed by atoms with van der Waals surface area (Å²) in [6.07, 6.45) is 0. The van der Waals surface area contributed by atoms with Gasteiger partial charge in [-0.3, -0.25) is 14.9 Å². The number of nitrogens with one attached hydrogen (secondary N) is 2. The summed E-state index contributed by atoms with van der Waals surface area (Å²) in [7, 11) is 0. The van der Waals surface area contributed by atoms with Gasteiger partial charge in [0.15, 0.2) is 0 Å². The van der Waals surface area contributed by atoms with E-state index in [1.165, 1.54) is 18.2 Å². The summed E-state index contributed by atoms with van der Waals surface area (Å²) in [5.74, 6) is -0.275. The maximum absolute atomic E-state index is 12.0. The first-order valence-electron chi connectivity index (χ1n) is 6.99. The molecular formula is C16H16ClN3O3. The first kappa shape index (κ1) is 16.9. The summed E-state index contributed by atoms with van der Waals surface area (Å²) in [6.45, 7) is 2.06. The van der Waals surface area contributed by atoms with Crippen LogP contribution in [0.4, 0.5) is 11.4 Å². The van der Waals surface area contributed by atoms with Gasteiger partial charge in [0.2, 0.25) is 5.91 Å². The van der Waals surface area contributed by atoms with Gasteiger partial charge in [-0.25, -0.2) is 0 Å². The van der Waals surface area contributed by atoms with Crippen LogP contribution in [-0.2, 0) is 4.79 Å². The molecule has 120 valence electrons. The molecule has 0 aliphatic carbocycles. The molecule has 2 aromatic carbocycles. The van der Waals surface area contributed by atoms with Crippen LogP contribution in [0.15, 0.2) is 48.5 Å². The highest BCUT2D eigenvalue weighted by Gasteiger charge is 2.12. The standard InChI is InChI=1S/C16H16ClN3O3/c1-11(12-5-3-2-4-6-12)18-10-16(21)19-15-8-7-13(20(22)23)9-14(15)17/h2-9,11,18H,10H2,1H3,(H,19,21)/t11-/m1/s1. The maximum atomic E-state index is 12.0. The van der Waals surface area contributed by atoms with Crippen molar-refractivity contribution in [3.8, 4) is 0 Å². The number of hydrogen-bond acceptors (Lipinski definition) is 4. The summed E-state index contributed by atoms with van der Waals surface area (Å²) in [4.78, 5) is 22.1. The van der Waals surface area contributed by atoms with Crippen molar-refractivity contribution in [1.82, 2.24) is 5.32 Å². The number of nitro benzene ring substituents is 1. The van der Waals surface area contributed by atoms with Crippen molar-refractivity contribution < 1.29 is 9.72 Å². The summed E-state index contributed by atoms with van der Waals surface area (Å²) in [5, 5.41) is 16.5. The molecule has 7 heteroatoms. The number of amides is 1. The second kappa shape index (κ2) is 7.71. The molecule has 2 aromatic rings. The molecule has 1 atom stereocenters. The molecule has 0 saturated carbocycles. The molecule has 23 heavy (non-hydrogen) atoms. The van der Waals surface area contributed by atoms with Crippen molar-refractivity contribution in [3.05, 3.63) is 69.2 Å². The van der Waals surface area contributed by atoms with E-state index in [0.29, 0.717) is 5.69 Å². The molecule has 2 N–H and O–H groups in total. The van der Waals surface area contributed by atoms with Crippen LogP contribution in [0, 0.1) is 10.1 Å². The fourth-order valence-electron chi connectivity index (χ4n) is 2.02. The Kier molecular flexibility index (Phi) is 5.67. The molecule has 0 radical (unpaired) electrons. The highest BCUT2D eigenvalue weighted by molar-refractivity contribution is 6.34. The third-order valence-corrected chi connectivity index (χ3v) is 3.62. The van der Waals surface area contributed by atoms with Crippen LogP contribution in [-0.4, -0.2) is 17.4 Å². The average molecular weight is 334 g/mol. The summed E-state index contributed by atoms with van der Waals surface area (Å²) < 4.78 is 0. The van der Waals surface area contributed by atoms with Gasteiger partial charge in [-0.15, -0.1) is 0 Å². The first-order valence-corrected chi connectivity index (χ1v) is 7.37.